The molecule has 0 saturated heterocycles. The number of nitrogens with one attached hydrogen (secondary N) is 1. The van der Waals surface area contributed by atoms with Crippen molar-refractivity contribution in [3.05, 3.63) is 93.6 Å². The molecule has 1 N–H and O–H groups in total. The second-order valence-electron chi connectivity index (χ2n) is 7.09. The third-order valence-electron chi connectivity index (χ3n) is 5.06. The van der Waals surface area contributed by atoms with Gasteiger partial charge in [0.1, 0.15) is 5.82 Å². The number of nitrogens with zero attached hydrogens (tertiary/aromatic N) is 5. The van der Waals surface area contributed by atoms with Crippen LogP contribution in [0.2, 0.25) is 0 Å². The molecule has 8 heteroatoms. The molecular weight excluding hydrogens is 392 g/mol. The predicted octanol–water partition coefficient (Wildman–Crippen LogP) is 2.85. The minimum Gasteiger partial charge on any atom is -0.267 e. The summed E-state index contributed by atoms with van der Waals surface area (Å²) in [4.78, 5) is 34.0. The normalized spacial score (nSPS) is 11.3. The molecule has 3 aromatic heterocycles. The van der Waals surface area contributed by atoms with Crippen LogP contribution in [0, 0.1) is 13.8 Å². The van der Waals surface area contributed by atoms with Gasteiger partial charge in [-0.1, -0.05) is 19.1 Å². The zero-order chi connectivity index (χ0) is 22.0. The number of aryl methyl sites for hydroxylation is 2. The molecule has 0 radical (unpaired) electrons. The maximum Gasteiger partial charge on any atom is 0.280 e. The molecule has 0 bridgehead atoms. The van der Waals surface area contributed by atoms with E-state index in [-0.39, 0.29) is 11.5 Å². The molecule has 0 fully saturated rings. The van der Waals surface area contributed by atoms with Crippen LogP contribution in [0.15, 0.2) is 64.8 Å². The smallest absolute Gasteiger partial charge is 0.267 e. The van der Waals surface area contributed by atoms with E-state index in [2.05, 4.69) is 20.5 Å². The topological polar surface area (TPSA) is 94.2 Å². The van der Waals surface area contributed by atoms with Gasteiger partial charge in [0.15, 0.2) is 0 Å². The third kappa shape index (κ3) is 3.75. The predicted molar refractivity (Wildman–Crippen MR) is 119 cm³/mol. The standard InChI is InChI=1S/C23H22N6O2/c1-4-21-26-20-10-6-5-9-19(20)23(31)29(21)28-15(2)12-18(16(28)3)14-25-27-22(30)17-8-7-11-24-13-17/h5-14H,4H2,1-3H3,(H,27,30)/b25-14-. The Hall–Kier alpha value is -4.07. The Morgan fingerprint density at radius 2 is 1.97 bits per heavy atom. The molecule has 0 atom stereocenters. The molecule has 0 unspecified atom stereocenters. The second kappa shape index (κ2) is 8.35. The number of hydrogen-bond acceptors (Lipinski definition) is 5. The van der Waals surface area contributed by atoms with Gasteiger partial charge in [0, 0.05) is 35.8 Å². The lowest BCUT2D eigenvalue weighted by Gasteiger charge is -2.17. The van der Waals surface area contributed by atoms with Crippen LogP contribution in [0.25, 0.3) is 10.9 Å². The highest BCUT2D eigenvalue weighted by molar-refractivity contribution is 5.94. The van der Waals surface area contributed by atoms with Crippen molar-refractivity contribution in [2.75, 3.05) is 0 Å². The molecule has 4 aromatic rings. The number of rotatable bonds is 5. The molecule has 0 aliphatic heterocycles. The van der Waals surface area contributed by atoms with Gasteiger partial charge in [0.25, 0.3) is 11.5 Å². The molecule has 156 valence electrons. The van der Waals surface area contributed by atoms with Gasteiger partial charge in [-0.15, -0.1) is 0 Å². The minimum absolute atomic E-state index is 0.127. The fourth-order valence-electron chi connectivity index (χ4n) is 3.54. The molecule has 31 heavy (non-hydrogen) atoms. The summed E-state index contributed by atoms with van der Waals surface area (Å²) in [6.45, 7) is 5.79. The molecule has 0 aliphatic carbocycles. The number of carbonyl (C=O) groups is 1. The van der Waals surface area contributed by atoms with Gasteiger partial charge in [-0.05, 0) is 44.2 Å². The molecule has 4 rings (SSSR count). The number of amides is 1. The summed E-state index contributed by atoms with van der Waals surface area (Å²) in [5.41, 5.74) is 5.93. The molecule has 1 amide bonds. The van der Waals surface area contributed by atoms with Gasteiger partial charge >= 0.3 is 0 Å². The van der Waals surface area contributed by atoms with E-state index in [1.165, 1.54) is 6.20 Å². The van der Waals surface area contributed by atoms with Gasteiger partial charge in [0.2, 0.25) is 0 Å². The largest absolute Gasteiger partial charge is 0.280 e. The summed E-state index contributed by atoms with van der Waals surface area (Å²) in [6, 6.07) is 12.6. The lowest BCUT2D eigenvalue weighted by atomic mass is 10.2. The van der Waals surface area contributed by atoms with Crippen molar-refractivity contribution in [3.63, 3.8) is 0 Å². The Morgan fingerprint density at radius 1 is 1.16 bits per heavy atom. The monoisotopic (exact) mass is 414 g/mol. The molecule has 0 spiro atoms. The fraction of sp³-hybridized carbons (Fsp3) is 0.174. The van der Waals surface area contributed by atoms with Crippen LogP contribution in [0.1, 0.15) is 40.1 Å². The van der Waals surface area contributed by atoms with E-state index in [9.17, 15) is 9.59 Å². The van der Waals surface area contributed by atoms with E-state index in [0.717, 1.165) is 17.0 Å². The number of benzene rings is 1. The molecule has 0 aliphatic rings. The van der Waals surface area contributed by atoms with E-state index < -0.39 is 0 Å². The molecule has 3 heterocycles. The van der Waals surface area contributed by atoms with Crippen LogP contribution < -0.4 is 11.0 Å². The molecule has 0 saturated carbocycles. The lowest BCUT2D eigenvalue weighted by Crippen LogP contribution is -2.32. The minimum atomic E-state index is -0.346. The van der Waals surface area contributed by atoms with Gasteiger partial charge in [0.05, 0.1) is 22.7 Å². The Labute approximate surface area is 178 Å². The Balaban J connectivity index is 1.72. The highest BCUT2D eigenvalue weighted by atomic mass is 16.2. The number of aromatic nitrogens is 4. The summed E-state index contributed by atoms with van der Waals surface area (Å²) in [7, 11) is 0. The highest BCUT2D eigenvalue weighted by Gasteiger charge is 2.16. The van der Waals surface area contributed by atoms with Crippen molar-refractivity contribution in [2.24, 2.45) is 5.10 Å². The SMILES string of the molecule is CCc1nc2ccccc2c(=O)n1-n1c(C)cc(/C=N\NC(=O)c2cccnc2)c1C. The number of pyridine rings is 1. The highest BCUT2D eigenvalue weighted by Crippen LogP contribution is 2.16. The van der Waals surface area contributed by atoms with Crippen molar-refractivity contribution in [1.82, 2.24) is 24.7 Å². The first-order chi connectivity index (χ1) is 15.0. The quantitative estimate of drug-likeness (QED) is 0.401. The summed E-state index contributed by atoms with van der Waals surface area (Å²) >= 11 is 0. The van der Waals surface area contributed by atoms with Gasteiger partial charge in [-0.2, -0.15) is 9.78 Å². The molecule has 8 nitrogen and oxygen atoms in total. The molecule has 1 aromatic carbocycles. The van der Waals surface area contributed by atoms with E-state index in [1.54, 1.807) is 35.3 Å². The van der Waals surface area contributed by atoms with Crippen LogP contribution in [-0.4, -0.2) is 31.4 Å². The number of hydrogen-bond donors (Lipinski definition) is 1. The Morgan fingerprint density at radius 3 is 2.71 bits per heavy atom. The average molecular weight is 414 g/mol. The summed E-state index contributed by atoms with van der Waals surface area (Å²) in [6.07, 6.45) is 5.24. The van der Waals surface area contributed by atoms with Crippen LogP contribution in [0.4, 0.5) is 0 Å². The second-order valence-corrected chi connectivity index (χ2v) is 7.09. The first-order valence-corrected chi connectivity index (χ1v) is 9.95. The zero-order valence-corrected chi connectivity index (χ0v) is 17.5. The summed E-state index contributed by atoms with van der Waals surface area (Å²) in [5.74, 6) is 0.320. The van der Waals surface area contributed by atoms with E-state index in [0.29, 0.717) is 28.7 Å². The average Bonchev–Trinajstić information content (AvgIpc) is 3.07. The van der Waals surface area contributed by atoms with E-state index in [4.69, 9.17) is 0 Å². The van der Waals surface area contributed by atoms with Gasteiger partial charge < -0.3 is 0 Å². The maximum atomic E-state index is 13.3. The van der Waals surface area contributed by atoms with Crippen molar-refractivity contribution in [2.45, 2.75) is 27.2 Å². The van der Waals surface area contributed by atoms with Crippen LogP contribution in [0.3, 0.4) is 0 Å². The lowest BCUT2D eigenvalue weighted by molar-refractivity contribution is 0.0955. The number of para-hydroxylation sites is 1. The number of fused-ring (bicyclic) bond motifs is 1. The first kappa shape index (κ1) is 20.2. The maximum absolute atomic E-state index is 13.3. The van der Waals surface area contributed by atoms with Crippen molar-refractivity contribution >= 4 is 23.0 Å². The fourth-order valence-corrected chi connectivity index (χ4v) is 3.54. The van der Waals surface area contributed by atoms with Crippen LogP contribution in [0.5, 0.6) is 0 Å². The summed E-state index contributed by atoms with van der Waals surface area (Å²) in [5, 5.41) is 4.63. The Kier molecular flexibility index (Phi) is 5.44. The zero-order valence-electron chi connectivity index (χ0n) is 17.5. The van der Waals surface area contributed by atoms with E-state index in [1.807, 2.05) is 49.7 Å². The first-order valence-electron chi connectivity index (χ1n) is 9.95. The molecular formula is C23H22N6O2. The van der Waals surface area contributed by atoms with Gasteiger partial charge in [-0.25, -0.2) is 10.4 Å². The summed E-state index contributed by atoms with van der Waals surface area (Å²) < 4.78 is 3.45. The Bertz CT molecular complexity index is 1350. The number of hydrazone groups is 1. The van der Waals surface area contributed by atoms with Crippen LogP contribution >= 0.6 is 0 Å². The van der Waals surface area contributed by atoms with Crippen molar-refractivity contribution in [1.29, 1.82) is 0 Å². The van der Waals surface area contributed by atoms with Gasteiger partial charge in [-0.3, -0.25) is 19.2 Å². The van der Waals surface area contributed by atoms with Crippen molar-refractivity contribution in [3.8, 4) is 0 Å². The third-order valence-corrected chi connectivity index (χ3v) is 5.06. The van der Waals surface area contributed by atoms with Crippen LogP contribution in [-0.2, 0) is 6.42 Å². The van der Waals surface area contributed by atoms with E-state index >= 15 is 0 Å². The number of carbonyl (C=O) groups excluding carboxylic acids is 1. The van der Waals surface area contributed by atoms with Crippen molar-refractivity contribution < 1.29 is 4.79 Å².